The summed E-state index contributed by atoms with van der Waals surface area (Å²) < 4.78 is 4.98. The molecular formula is C22H22AcO3. The maximum absolute atomic E-state index is 12.4. The number of methoxy groups -OCH3 is 1. The molecule has 0 amide bonds. The van der Waals surface area contributed by atoms with Crippen molar-refractivity contribution >= 4 is 16.7 Å². The van der Waals surface area contributed by atoms with Crippen LogP contribution in [0.5, 0.6) is 5.75 Å². The fourth-order valence-electron chi connectivity index (χ4n) is 3.54. The number of hydrogen-bond donors (Lipinski definition) is 1. The summed E-state index contributed by atoms with van der Waals surface area (Å²) in [5.74, 6) is -0.342. The van der Waals surface area contributed by atoms with Crippen LogP contribution in [-0.4, -0.2) is 18.2 Å². The molecule has 1 N–H and O–H groups in total. The van der Waals surface area contributed by atoms with Crippen molar-refractivity contribution in [2.45, 2.75) is 27.7 Å². The van der Waals surface area contributed by atoms with E-state index in [0.29, 0.717) is 5.56 Å². The molecule has 0 saturated carbocycles. The zero-order chi connectivity index (χ0) is 18.3. The third-order valence-electron chi connectivity index (χ3n) is 5.21. The number of hydrogen-bond acceptors (Lipinski definition) is 3. The predicted octanol–water partition coefficient (Wildman–Crippen LogP) is 5.23. The van der Waals surface area contributed by atoms with Gasteiger partial charge in [0, 0.05) is 55.0 Å². The molecule has 3 aromatic rings. The minimum absolute atomic E-state index is 0. The third-order valence-corrected chi connectivity index (χ3v) is 5.21. The number of benzene rings is 3. The molecule has 0 spiro atoms. The molecule has 0 saturated heterocycles. The number of phenols is 1. The van der Waals surface area contributed by atoms with Crippen LogP contribution in [0.2, 0.25) is 0 Å². The Morgan fingerprint density at radius 3 is 1.96 bits per heavy atom. The molecule has 4 heteroatoms. The van der Waals surface area contributed by atoms with Crippen molar-refractivity contribution in [2.24, 2.45) is 0 Å². The number of phenolic OH excluding ortho intramolecular Hbond substituents is 1. The SMILES string of the molecule is COC(=O)c1cc(O)c2c(C)c(C)c(C)c(C)c2c1-c1ccccc1.[Ac]. The van der Waals surface area contributed by atoms with Gasteiger partial charge in [0.2, 0.25) is 0 Å². The van der Waals surface area contributed by atoms with E-state index in [1.165, 1.54) is 18.7 Å². The van der Waals surface area contributed by atoms with E-state index in [0.717, 1.165) is 38.6 Å². The monoisotopic (exact) mass is 561 g/mol. The molecule has 0 aliphatic heterocycles. The molecule has 0 aliphatic rings. The maximum Gasteiger partial charge on any atom is 0.338 e. The summed E-state index contributed by atoms with van der Waals surface area (Å²) in [4.78, 5) is 12.4. The van der Waals surface area contributed by atoms with Crippen molar-refractivity contribution in [3.8, 4) is 16.9 Å². The van der Waals surface area contributed by atoms with Crippen molar-refractivity contribution in [1.82, 2.24) is 0 Å². The Kier molecular flexibility index (Phi) is 6.53. The van der Waals surface area contributed by atoms with Crippen LogP contribution in [-0.2, 0) is 4.74 Å². The number of carbonyl (C=O) groups excluding carboxylic acids is 1. The molecule has 0 heterocycles. The first-order chi connectivity index (χ1) is 11.9. The molecule has 26 heavy (non-hydrogen) atoms. The van der Waals surface area contributed by atoms with Crippen molar-refractivity contribution in [3.63, 3.8) is 0 Å². The molecular weight excluding hydrogens is 539 g/mol. The average Bonchev–Trinajstić information content (AvgIpc) is 2.63. The summed E-state index contributed by atoms with van der Waals surface area (Å²) in [6.07, 6.45) is 0. The summed E-state index contributed by atoms with van der Waals surface area (Å²) in [6.45, 7) is 8.19. The number of aromatic hydroxyl groups is 1. The Morgan fingerprint density at radius 1 is 0.885 bits per heavy atom. The second-order valence-electron chi connectivity index (χ2n) is 6.43. The molecule has 3 nitrogen and oxygen atoms in total. The molecule has 3 aromatic carbocycles. The minimum Gasteiger partial charge on any atom is -0.507 e. The van der Waals surface area contributed by atoms with Gasteiger partial charge in [-0.25, -0.2) is 4.79 Å². The topological polar surface area (TPSA) is 46.5 Å². The number of carbonyl (C=O) groups is 1. The maximum atomic E-state index is 12.4. The fraction of sp³-hybridized carbons (Fsp3) is 0.227. The average molecular weight is 561 g/mol. The van der Waals surface area contributed by atoms with Crippen molar-refractivity contribution < 1.29 is 58.7 Å². The first-order valence-corrected chi connectivity index (χ1v) is 8.28. The molecule has 131 valence electrons. The van der Waals surface area contributed by atoms with E-state index in [1.54, 1.807) is 0 Å². The molecule has 0 unspecified atom stereocenters. The van der Waals surface area contributed by atoms with Crippen LogP contribution >= 0.6 is 0 Å². The van der Waals surface area contributed by atoms with Gasteiger partial charge in [-0.2, -0.15) is 0 Å². The number of fused-ring (bicyclic) bond motifs is 1. The Bertz CT molecular complexity index is 992. The van der Waals surface area contributed by atoms with E-state index in [1.807, 2.05) is 44.2 Å². The molecule has 0 aromatic heterocycles. The second kappa shape index (κ2) is 8.11. The van der Waals surface area contributed by atoms with Gasteiger partial charge in [0.15, 0.2) is 0 Å². The van der Waals surface area contributed by atoms with Gasteiger partial charge in [-0.3, -0.25) is 0 Å². The number of aryl methyl sites for hydroxylation is 2. The van der Waals surface area contributed by atoms with Crippen LogP contribution in [0.4, 0.5) is 0 Å². The molecule has 1 radical (unpaired) electrons. The van der Waals surface area contributed by atoms with Crippen LogP contribution in [0.3, 0.4) is 0 Å². The number of ether oxygens (including phenoxy) is 1. The van der Waals surface area contributed by atoms with Gasteiger partial charge in [0.25, 0.3) is 0 Å². The predicted molar refractivity (Wildman–Crippen MR) is 101 cm³/mol. The third kappa shape index (κ3) is 3.30. The summed E-state index contributed by atoms with van der Waals surface area (Å²) >= 11 is 0. The summed E-state index contributed by atoms with van der Waals surface area (Å²) in [6, 6.07) is 11.3. The van der Waals surface area contributed by atoms with Gasteiger partial charge in [-0.05, 0) is 67.0 Å². The molecule has 0 fully saturated rings. The van der Waals surface area contributed by atoms with Crippen LogP contribution in [0.25, 0.3) is 21.9 Å². The van der Waals surface area contributed by atoms with Crippen molar-refractivity contribution in [2.75, 3.05) is 7.11 Å². The van der Waals surface area contributed by atoms with Crippen LogP contribution in [0, 0.1) is 71.8 Å². The summed E-state index contributed by atoms with van der Waals surface area (Å²) in [5.41, 5.74) is 6.54. The standard InChI is InChI=1S/C22H22O3.Ac/c1-12-13(2)15(4)20-19(14(12)3)18(23)11-17(22(24)25-5)21(20)16-9-7-6-8-10-16;/h6-11,23H,1-5H3;. The summed E-state index contributed by atoms with van der Waals surface area (Å²) in [5, 5.41) is 12.4. The first kappa shape index (κ1) is 20.9. The van der Waals surface area contributed by atoms with Crippen LogP contribution in [0.15, 0.2) is 36.4 Å². The first-order valence-electron chi connectivity index (χ1n) is 8.28. The molecule has 3 rings (SSSR count). The van der Waals surface area contributed by atoms with Crippen LogP contribution in [0.1, 0.15) is 32.6 Å². The van der Waals surface area contributed by atoms with E-state index in [9.17, 15) is 9.90 Å². The Morgan fingerprint density at radius 2 is 1.42 bits per heavy atom. The van der Waals surface area contributed by atoms with E-state index in [4.69, 9.17) is 4.74 Å². The van der Waals surface area contributed by atoms with E-state index >= 15 is 0 Å². The molecule has 0 atom stereocenters. The van der Waals surface area contributed by atoms with Crippen LogP contribution < -0.4 is 0 Å². The zero-order valence-corrected chi connectivity index (χ0v) is 20.6. The van der Waals surface area contributed by atoms with Gasteiger partial charge in [-0.1, -0.05) is 30.3 Å². The van der Waals surface area contributed by atoms with E-state index in [2.05, 4.69) is 13.8 Å². The Hall–Kier alpha value is -1.37. The van der Waals surface area contributed by atoms with Gasteiger partial charge >= 0.3 is 5.97 Å². The molecule has 0 bridgehead atoms. The Balaban J connectivity index is 0.00000243. The normalized spacial score (nSPS) is 10.5. The van der Waals surface area contributed by atoms with E-state index in [-0.39, 0.29) is 49.8 Å². The molecule has 0 aliphatic carbocycles. The second-order valence-corrected chi connectivity index (χ2v) is 6.43. The largest absolute Gasteiger partial charge is 0.507 e. The fourth-order valence-corrected chi connectivity index (χ4v) is 3.54. The van der Waals surface area contributed by atoms with Gasteiger partial charge < -0.3 is 9.84 Å². The number of esters is 1. The number of rotatable bonds is 2. The van der Waals surface area contributed by atoms with Crippen molar-refractivity contribution in [3.05, 3.63) is 64.2 Å². The smallest absolute Gasteiger partial charge is 0.338 e. The van der Waals surface area contributed by atoms with Gasteiger partial charge in [0.05, 0.1) is 12.7 Å². The van der Waals surface area contributed by atoms with E-state index < -0.39 is 5.97 Å². The van der Waals surface area contributed by atoms with Gasteiger partial charge in [0.1, 0.15) is 5.75 Å². The van der Waals surface area contributed by atoms with Crippen molar-refractivity contribution in [1.29, 1.82) is 0 Å². The zero-order valence-electron chi connectivity index (χ0n) is 15.8. The Labute approximate surface area is 189 Å². The minimum atomic E-state index is -0.452. The van der Waals surface area contributed by atoms with Gasteiger partial charge in [-0.15, -0.1) is 0 Å². The summed E-state index contributed by atoms with van der Waals surface area (Å²) in [7, 11) is 1.36. The quantitative estimate of drug-likeness (QED) is 0.436.